The molecule has 3 aromatic rings. The largest absolute Gasteiger partial charge is 0.374 e. The second kappa shape index (κ2) is 8.37. The van der Waals surface area contributed by atoms with Crippen molar-refractivity contribution >= 4 is 16.8 Å². The summed E-state index contributed by atoms with van der Waals surface area (Å²) >= 11 is 0. The van der Waals surface area contributed by atoms with Crippen molar-refractivity contribution in [3.63, 3.8) is 0 Å². The number of ether oxygens (including phenoxy) is 1. The zero-order chi connectivity index (χ0) is 18.5. The van der Waals surface area contributed by atoms with E-state index in [2.05, 4.69) is 39.5 Å². The van der Waals surface area contributed by atoms with E-state index in [4.69, 9.17) is 4.74 Å². The monoisotopic (exact) mass is 363 g/mol. The highest BCUT2D eigenvalue weighted by Crippen LogP contribution is 2.18. The lowest BCUT2D eigenvalue weighted by Gasteiger charge is -2.33. The molecular formula is C22H25N3O2. The van der Waals surface area contributed by atoms with Gasteiger partial charge in [-0.1, -0.05) is 48.5 Å². The summed E-state index contributed by atoms with van der Waals surface area (Å²) in [6.07, 6.45) is 2.34. The molecule has 1 atom stereocenters. The molecule has 0 radical (unpaired) electrons. The molecule has 0 spiro atoms. The van der Waals surface area contributed by atoms with Gasteiger partial charge in [0.2, 0.25) is 5.91 Å². The van der Waals surface area contributed by atoms with E-state index in [9.17, 15) is 4.79 Å². The minimum Gasteiger partial charge on any atom is -0.374 e. The Labute approximate surface area is 159 Å². The summed E-state index contributed by atoms with van der Waals surface area (Å²) in [5, 5.41) is 4.14. The second-order valence-corrected chi connectivity index (χ2v) is 7.05. The maximum Gasteiger partial charge on any atom is 0.224 e. The van der Waals surface area contributed by atoms with Crippen LogP contribution >= 0.6 is 0 Å². The summed E-state index contributed by atoms with van der Waals surface area (Å²) in [7, 11) is 0. The Morgan fingerprint density at radius 2 is 1.96 bits per heavy atom. The number of rotatable bonds is 6. The number of aromatic nitrogens is 1. The minimum absolute atomic E-state index is 0.0311. The lowest BCUT2D eigenvalue weighted by atomic mass is 10.1. The zero-order valence-corrected chi connectivity index (χ0v) is 15.4. The molecule has 1 aliphatic heterocycles. The quantitative estimate of drug-likeness (QED) is 0.708. The smallest absolute Gasteiger partial charge is 0.224 e. The first-order valence-electron chi connectivity index (χ1n) is 9.47. The Balaban J connectivity index is 1.27. The van der Waals surface area contributed by atoms with Gasteiger partial charge >= 0.3 is 0 Å². The van der Waals surface area contributed by atoms with Gasteiger partial charge in [-0.2, -0.15) is 0 Å². The number of aromatic amines is 1. The van der Waals surface area contributed by atoms with E-state index in [0.717, 1.165) is 36.1 Å². The first-order chi connectivity index (χ1) is 13.3. The van der Waals surface area contributed by atoms with Gasteiger partial charge in [-0.15, -0.1) is 0 Å². The summed E-state index contributed by atoms with van der Waals surface area (Å²) in [6, 6.07) is 18.5. The normalized spacial score (nSPS) is 17.9. The van der Waals surface area contributed by atoms with Gasteiger partial charge in [0.05, 0.1) is 19.1 Å². The Bertz CT molecular complexity index is 891. The van der Waals surface area contributed by atoms with Gasteiger partial charge in [0.25, 0.3) is 0 Å². The first-order valence-corrected chi connectivity index (χ1v) is 9.47. The van der Waals surface area contributed by atoms with Crippen molar-refractivity contribution in [3.8, 4) is 0 Å². The summed E-state index contributed by atoms with van der Waals surface area (Å²) in [4.78, 5) is 18.0. The highest BCUT2D eigenvalue weighted by atomic mass is 16.5. The Morgan fingerprint density at radius 1 is 1.15 bits per heavy atom. The molecule has 0 saturated carbocycles. The van der Waals surface area contributed by atoms with Crippen LogP contribution < -0.4 is 5.32 Å². The van der Waals surface area contributed by atoms with E-state index in [1.54, 1.807) is 0 Å². The number of morpholine rings is 1. The average molecular weight is 363 g/mol. The number of fused-ring (bicyclic) bond motifs is 1. The van der Waals surface area contributed by atoms with E-state index in [1.165, 1.54) is 5.56 Å². The van der Waals surface area contributed by atoms with Crippen LogP contribution in [-0.4, -0.2) is 48.1 Å². The number of hydrogen-bond acceptors (Lipinski definition) is 3. The van der Waals surface area contributed by atoms with E-state index >= 15 is 0 Å². The van der Waals surface area contributed by atoms with E-state index in [1.807, 2.05) is 36.5 Å². The molecule has 1 amide bonds. The highest BCUT2D eigenvalue weighted by molar-refractivity contribution is 5.88. The fourth-order valence-corrected chi connectivity index (χ4v) is 3.63. The second-order valence-electron chi connectivity index (χ2n) is 7.05. The first kappa shape index (κ1) is 17.8. The van der Waals surface area contributed by atoms with Crippen LogP contribution in [0.3, 0.4) is 0 Å². The molecular weight excluding hydrogens is 338 g/mol. The number of nitrogens with one attached hydrogen (secondary N) is 2. The van der Waals surface area contributed by atoms with Crippen LogP contribution in [0.25, 0.3) is 10.9 Å². The Kier molecular flexibility index (Phi) is 5.51. The summed E-state index contributed by atoms with van der Waals surface area (Å²) in [6.45, 7) is 3.93. The van der Waals surface area contributed by atoms with Crippen LogP contribution in [0.2, 0.25) is 0 Å². The van der Waals surface area contributed by atoms with Gasteiger partial charge in [0.15, 0.2) is 0 Å². The number of carbonyl (C=O) groups excluding carboxylic acids is 1. The van der Waals surface area contributed by atoms with Crippen molar-refractivity contribution < 1.29 is 9.53 Å². The average Bonchev–Trinajstić information content (AvgIpc) is 3.10. The van der Waals surface area contributed by atoms with Crippen molar-refractivity contribution in [2.45, 2.75) is 19.1 Å². The number of nitrogens with zero attached hydrogens (tertiary/aromatic N) is 1. The maximum absolute atomic E-state index is 12.4. The molecule has 4 rings (SSSR count). The Hall–Kier alpha value is -2.63. The minimum atomic E-state index is 0.0311. The van der Waals surface area contributed by atoms with E-state index < -0.39 is 0 Å². The van der Waals surface area contributed by atoms with E-state index in [0.29, 0.717) is 19.6 Å². The number of para-hydroxylation sites is 1. The van der Waals surface area contributed by atoms with Crippen molar-refractivity contribution in [1.82, 2.24) is 15.2 Å². The molecule has 1 aromatic heterocycles. The maximum atomic E-state index is 12.4. The molecule has 2 N–H and O–H groups in total. The number of hydrogen-bond donors (Lipinski definition) is 2. The fraction of sp³-hybridized carbons (Fsp3) is 0.318. The molecule has 140 valence electrons. The van der Waals surface area contributed by atoms with Crippen LogP contribution in [-0.2, 0) is 22.5 Å². The lowest BCUT2D eigenvalue weighted by molar-refractivity contribution is -0.121. The molecule has 0 bridgehead atoms. The molecule has 1 saturated heterocycles. The lowest BCUT2D eigenvalue weighted by Crippen LogP contribution is -2.47. The van der Waals surface area contributed by atoms with Gasteiger partial charge in [-0.25, -0.2) is 0 Å². The molecule has 1 aliphatic rings. The fourth-order valence-electron chi connectivity index (χ4n) is 3.63. The van der Waals surface area contributed by atoms with Gasteiger partial charge in [0, 0.05) is 43.3 Å². The van der Waals surface area contributed by atoms with Crippen LogP contribution in [0.5, 0.6) is 0 Å². The van der Waals surface area contributed by atoms with Crippen molar-refractivity contribution in [2.24, 2.45) is 0 Å². The molecule has 1 fully saturated rings. The van der Waals surface area contributed by atoms with Crippen LogP contribution in [0.4, 0.5) is 0 Å². The number of carbonyl (C=O) groups is 1. The molecule has 5 heteroatoms. The zero-order valence-electron chi connectivity index (χ0n) is 15.4. The molecule has 27 heavy (non-hydrogen) atoms. The van der Waals surface area contributed by atoms with Gasteiger partial charge in [-0.05, 0) is 17.2 Å². The third-order valence-corrected chi connectivity index (χ3v) is 5.02. The third-order valence-electron chi connectivity index (χ3n) is 5.02. The third kappa shape index (κ3) is 4.56. The van der Waals surface area contributed by atoms with Crippen molar-refractivity contribution in [2.75, 3.05) is 26.2 Å². The summed E-state index contributed by atoms with van der Waals surface area (Å²) in [5.41, 5.74) is 3.40. The van der Waals surface area contributed by atoms with Crippen LogP contribution in [0, 0.1) is 0 Å². The van der Waals surface area contributed by atoms with Crippen LogP contribution in [0.1, 0.15) is 11.1 Å². The van der Waals surface area contributed by atoms with Gasteiger partial charge in [-0.3, -0.25) is 9.69 Å². The predicted octanol–water partition coefficient (Wildman–Crippen LogP) is 2.73. The van der Waals surface area contributed by atoms with Crippen molar-refractivity contribution in [3.05, 3.63) is 71.9 Å². The predicted molar refractivity (Wildman–Crippen MR) is 106 cm³/mol. The molecule has 5 nitrogen and oxygen atoms in total. The summed E-state index contributed by atoms with van der Waals surface area (Å²) < 4.78 is 5.84. The van der Waals surface area contributed by atoms with E-state index in [-0.39, 0.29) is 12.0 Å². The topological polar surface area (TPSA) is 57.4 Å². The Morgan fingerprint density at radius 3 is 2.85 bits per heavy atom. The standard InChI is InChI=1S/C22H25N3O2/c26-22(12-18-13-23-21-9-5-4-8-20(18)21)24-14-19-16-25(10-11-27-19)15-17-6-2-1-3-7-17/h1-9,13,19,23H,10-12,14-16H2,(H,24,26)/t19-/m1/s1. The SMILES string of the molecule is O=C(Cc1c[nH]c2ccccc12)NC[C@@H]1CN(Cc2ccccc2)CCO1. The molecule has 2 heterocycles. The van der Waals surface area contributed by atoms with Crippen molar-refractivity contribution in [1.29, 1.82) is 0 Å². The number of H-pyrrole nitrogens is 1. The van der Waals surface area contributed by atoms with Gasteiger partial charge in [0.1, 0.15) is 0 Å². The van der Waals surface area contributed by atoms with Crippen LogP contribution in [0.15, 0.2) is 60.8 Å². The number of benzene rings is 2. The molecule has 0 unspecified atom stereocenters. The highest BCUT2D eigenvalue weighted by Gasteiger charge is 2.21. The molecule has 2 aromatic carbocycles. The van der Waals surface area contributed by atoms with Gasteiger partial charge < -0.3 is 15.0 Å². The molecule has 0 aliphatic carbocycles. The summed E-state index contributed by atoms with van der Waals surface area (Å²) in [5.74, 6) is 0.0311. The number of amides is 1.